The van der Waals surface area contributed by atoms with Crippen LogP contribution in [0.15, 0.2) is 12.1 Å². The molecule has 0 aromatic heterocycles. The number of hydrogen-bond acceptors (Lipinski definition) is 1. The Balaban J connectivity index is 2.53. The van der Waals surface area contributed by atoms with E-state index in [-0.39, 0.29) is 5.41 Å². The van der Waals surface area contributed by atoms with Crippen LogP contribution >= 0.6 is 11.6 Å². The van der Waals surface area contributed by atoms with Gasteiger partial charge in [-0.25, -0.2) is 0 Å². The van der Waals surface area contributed by atoms with Gasteiger partial charge in [0, 0.05) is 17.0 Å². The maximum atomic E-state index is 6.45. The van der Waals surface area contributed by atoms with Gasteiger partial charge in [0.1, 0.15) is 0 Å². The summed E-state index contributed by atoms with van der Waals surface area (Å²) >= 11 is 6.45. The van der Waals surface area contributed by atoms with Gasteiger partial charge in [0.05, 0.1) is 0 Å². The van der Waals surface area contributed by atoms with E-state index in [1.165, 1.54) is 48.8 Å². The third-order valence-corrected chi connectivity index (χ3v) is 4.73. The zero-order chi connectivity index (χ0) is 12.5. The summed E-state index contributed by atoms with van der Waals surface area (Å²) in [6.07, 6.45) is 6.27. The van der Waals surface area contributed by atoms with Crippen LogP contribution in [0.5, 0.6) is 0 Å². The topological polar surface area (TPSA) is 26.0 Å². The van der Waals surface area contributed by atoms with Gasteiger partial charge in [-0.3, -0.25) is 0 Å². The van der Waals surface area contributed by atoms with Gasteiger partial charge in [-0.15, -0.1) is 0 Å². The second kappa shape index (κ2) is 4.99. The molecular formula is C15H22ClN. The van der Waals surface area contributed by atoms with Crippen molar-refractivity contribution in [2.24, 2.45) is 5.73 Å². The molecule has 0 heterocycles. The van der Waals surface area contributed by atoms with E-state index >= 15 is 0 Å². The van der Waals surface area contributed by atoms with Crippen molar-refractivity contribution in [3.8, 4) is 0 Å². The van der Waals surface area contributed by atoms with Crippen molar-refractivity contribution >= 4 is 11.6 Å². The molecule has 1 nitrogen and oxygen atoms in total. The molecule has 17 heavy (non-hydrogen) atoms. The van der Waals surface area contributed by atoms with Gasteiger partial charge in [-0.2, -0.15) is 0 Å². The van der Waals surface area contributed by atoms with E-state index in [2.05, 4.69) is 19.9 Å². The predicted octanol–water partition coefficient (Wildman–Crippen LogP) is 4.12. The second-order valence-electron chi connectivity index (χ2n) is 5.41. The Morgan fingerprint density at radius 3 is 2.41 bits per heavy atom. The zero-order valence-electron chi connectivity index (χ0n) is 10.9. The fourth-order valence-electron chi connectivity index (χ4n) is 3.22. The van der Waals surface area contributed by atoms with Crippen LogP contribution in [0.25, 0.3) is 0 Å². The van der Waals surface area contributed by atoms with Crippen molar-refractivity contribution in [3.63, 3.8) is 0 Å². The van der Waals surface area contributed by atoms with Crippen molar-refractivity contribution < 1.29 is 0 Å². The molecule has 0 amide bonds. The molecule has 94 valence electrons. The monoisotopic (exact) mass is 251 g/mol. The average Bonchev–Trinajstić information content (AvgIpc) is 2.35. The fraction of sp³-hybridized carbons (Fsp3) is 0.600. The first-order valence-electron chi connectivity index (χ1n) is 6.57. The number of rotatable bonds is 2. The van der Waals surface area contributed by atoms with E-state index in [9.17, 15) is 0 Å². The van der Waals surface area contributed by atoms with Gasteiger partial charge in [-0.05, 0) is 49.4 Å². The minimum atomic E-state index is 0.130. The van der Waals surface area contributed by atoms with E-state index < -0.39 is 0 Å². The third kappa shape index (κ3) is 2.23. The smallest absolute Gasteiger partial charge is 0.0446 e. The van der Waals surface area contributed by atoms with Crippen molar-refractivity contribution in [3.05, 3.63) is 33.8 Å². The standard InChI is InChI=1S/C15H22ClN/c1-11-6-7-13(16)14(12(11)2)15(10-17)8-4-3-5-9-15/h6-7H,3-5,8-10,17H2,1-2H3. The summed E-state index contributed by atoms with van der Waals surface area (Å²) < 4.78 is 0. The number of nitrogens with two attached hydrogens (primary N) is 1. The van der Waals surface area contributed by atoms with Gasteiger partial charge in [0.15, 0.2) is 0 Å². The summed E-state index contributed by atoms with van der Waals surface area (Å²) in [7, 11) is 0. The highest BCUT2D eigenvalue weighted by atomic mass is 35.5. The van der Waals surface area contributed by atoms with Crippen LogP contribution in [-0.4, -0.2) is 6.54 Å². The Morgan fingerprint density at radius 2 is 1.82 bits per heavy atom. The minimum Gasteiger partial charge on any atom is -0.330 e. The van der Waals surface area contributed by atoms with Crippen LogP contribution in [0, 0.1) is 13.8 Å². The first-order chi connectivity index (χ1) is 8.10. The average molecular weight is 252 g/mol. The van der Waals surface area contributed by atoms with Crippen molar-refractivity contribution in [1.29, 1.82) is 0 Å². The van der Waals surface area contributed by atoms with Crippen LogP contribution in [0.4, 0.5) is 0 Å². The quantitative estimate of drug-likeness (QED) is 0.841. The van der Waals surface area contributed by atoms with Crippen molar-refractivity contribution in [2.45, 2.75) is 51.4 Å². The molecule has 2 N–H and O–H groups in total. The Labute approximate surface area is 109 Å². The summed E-state index contributed by atoms with van der Waals surface area (Å²) in [5.41, 5.74) is 10.2. The number of benzene rings is 1. The second-order valence-corrected chi connectivity index (χ2v) is 5.82. The Morgan fingerprint density at radius 1 is 1.18 bits per heavy atom. The molecular weight excluding hydrogens is 230 g/mol. The summed E-state index contributed by atoms with van der Waals surface area (Å²) in [5, 5.41) is 0.903. The first-order valence-corrected chi connectivity index (χ1v) is 6.95. The molecule has 1 aliphatic rings. The van der Waals surface area contributed by atoms with E-state index in [1.54, 1.807) is 0 Å². The van der Waals surface area contributed by atoms with Gasteiger partial charge in [-0.1, -0.05) is 36.9 Å². The zero-order valence-corrected chi connectivity index (χ0v) is 11.6. The predicted molar refractivity (Wildman–Crippen MR) is 74.7 cm³/mol. The lowest BCUT2D eigenvalue weighted by Gasteiger charge is -2.39. The molecule has 1 aromatic carbocycles. The van der Waals surface area contributed by atoms with Crippen molar-refractivity contribution in [1.82, 2.24) is 0 Å². The first kappa shape index (κ1) is 12.9. The molecule has 1 fully saturated rings. The molecule has 0 spiro atoms. The molecule has 0 aliphatic heterocycles. The molecule has 1 saturated carbocycles. The normalized spacial score (nSPS) is 19.3. The minimum absolute atomic E-state index is 0.130. The van der Waals surface area contributed by atoms with Gasteiger partial charge < -0.3 is 5.73 Å². The van der Waals surface area contributed by atoms with Crippen LogP contribution < -0.4 is 5.73 Å². The number of hydrogen-bond donors (Lipinski definition) is 1. The van der Waals surface area contributed by atoms with Gasteiger partial charge in [0.2, 0.25) is 0 Å². The van der Waals surface area contributed by atoms with E-state index in [4.69, 9.17) is 17.3 Å². The summed E-state index contributed by atoms with van der Waals surface area (Å²) in [4.78, 5) is 0. The lowest BCUT2D eigenvalue weighted by atomic mass is 9.68. The largest absolute Gasteiger partial charge is 0.330 e. The molecule has 2 rings (SSSR count). The highest BCUT2D eigenvalue weighted by Crippen LogP contribution is 2.43. The third-order valence-electron chi connectivity index (χ3n) is 4.42. The summed E-state index contributed by atoms with van der Waals surface area (Å²) in [6.45, 7) is 5.06. The van der Waals surface area contributed by atoms with Crippen LogP contribution in [0.3, 0.4) is 0 Å². The summed E-state index contributed by atoms with van der Waals surface area (Å²) in [5.74, 6) is 0. The molecule has 1 aliphatic carbocycles. The van der Waals surface area contributed by atoms with Gasteiger partial charge in [0.25, 0.3) is 0 Å². The Bertz CT molecular complexity index is 406. The highest BCUT2D eigenvalue weighted by molar-refractivity contribution is 6.31. The van der Waals surface area contributed by atoms with Crippen LogP contribution in [0.1, 0.15) is 48.8 Å². The molecule has 0 radical (unpaired) electrons. The molecule has 1 aromatic rings. The highest BCUT2D eigenvalue weighted by Gasteiger charge is 2.35. The SMILES string of the molecule is Cc1ccc(Cl)c(C2(CN)CCCCC2)c1C. The van der Waals surface area contributed by atoms with Crippen LogP contribution in [-0.2, 0) is 5.41 Å². The van der Waals surface area contributed by atoms with E-state index in [0.29, 0.717) is 0 Å². The van der Waals surface area contributed by atoms with Crippen LogP contribution in [0.2, 0.25) is 5.02 Å². The molecule has 2 heteroatoms. The Kier molecular flexibility index (Phi) is 3.79. The molecule has 0 unspecified atom stereocenters. The van der Waals surface area contributed by atoms with Gasteiger partial charge >= 0.3 is 0 Å². The molecule has 0 atom stereocenters. The van der Waals surface area contributed by atoms with Crippen molar-refractivity contribution in [2.75, 3.05) is 6.54 Å². The molecule has 0 saturated heterocycles. The lowest BCUT2D eigenvalue weighted by Crippen LogP contribution is -2.38. The maximum absolute atomic E-state index is 6.45. The number of halogens is 1. The number of aryl methyl sites for hydroxylation is 1. The van der Waals surface area contributed by atoms with E-state index in [1.807, 2.05) is 6.07 Å². The maximum Gasteiger partial charge on any atom is 0.0446 e. The molecule has 0 bridgehead atoms. The Hall–Kier alpha value is -0.530. The van der Waals surface area contributed by atoms with E-state index in [0.717, 1.165) is 11.6 Å². The fourth-order valence-corrected chi connectivity index (χ4v) is 3.62. The summed E-state index contributed by atoms with van der Waals surface area (Å²) in [6, 6.07) is 4.14. The lowest BCUT2D eigenvalue weighted by molar-refractivity contribution is 0.299.